The van der Waals surface area contributed by atoms with E-state index in [1.54, 1.807) is 0 Å². The van der Waals surface area contributed by atoms with Crippen LogP contribution in [0.15, 0.2) is 24.3 Å². The second-order valence-corrected chi connectivity index (χ2v) is 4.29. The number of carbonyl (C=O) groups excluding carboxylic acids is 1. The SMILES string of the molecule is CCC(C)NC(=O)CN(C)c1ccccc1N. The van der Waals surface area contributed by atoms with Crippen LogP contribution in [0.1, 0.15) is 20.3 Å². The van der Waals surface area contributed by atoms with Crippen LogP contribution in [0.3, 0.4) is 0 Å². The first kappa shape index (κ1) is 13.4. The average Bonchev–Trinajstić information content (AvgIpc) is 2.29. The molecule has 17 heavy (non-hydrogen) atoms. The van der Waals surface area contributed by atoms with E-state index in [1.807, 2.05) is 50.1 Å². The van der Waals surface area contributed by atoms with Crippen LogP contribution in [0.25, 0.3) is 0 Å². The molecule has 3 N–H and O–H groups in total. The molecule has 0 saturated heterocycles. The van der Waals surface area contributed by atoms with Gasteiger partial charge in [-0.15, -0.1) is 0 Å². The number of nitrogens with one attached hydrogen (secondary N) is 1. The van der Waals surface area contributed by atoms with Gasteiger partial charge in [-0.2, -0.15) is 0 Å². The molecule has 0 aromatic heterocycles. The van der Waals surface area contributed by atoms with Crippen LogP contribution < -0.4 is 16.0 Å². The lowest BCUT2D eigenvalue weighted by Gasteiger charge is -2.21. The fourth-order valence-corrected chi connectivity index (χ4v) is 1.56. The minimum atomic E-state index is 0.0186. The van der Waals surface area contributed by atoms with Gasteiger partial charge >= 0.3 is 0 Å². The standard InChI is InChI=1S/C13H21N3O/c1-4-10(2)15-13(17)9-16(3)12-8-6-5-7-11(12)14/h5-8,10H,4,9,14H2,1-3H3,(H,15,17). The number of para-hydroxylation sites is 2. The van der Waals surface area contributed by atoms with Crippen molar-refractivity contribution < 1.29 is 4.79 Å². The quantitative estimate of drug-likeness (QED) is 0.762. The summed E-state index contributed by atoms with van der Waals surface area (Å²) in [5.41, 5.74) is 7.42. The van der Waals surface area contributed by atoms with Crippen molar-refractivity contribution in [2.24, 2.45) is 0 Å². The third kappa shape index (κ3) is 3.98. The first-order valence-corrected chi connectivity index (χ1v) is 5.89. The summed E-state index contributed by atoms with van der Waals surface area (Å²) in [5.74, 6) is 0.0186. The van der Waals surface area contributed by atoms with Crippen LogP contribution >= 0.6 is 0 Å². The van der Waals surface area contributed by atoms with E-state index in [-0.39, 0.29) is 11.9 Å². The number of likely N-dealkylation sites (N-methyl/N-ethyl adjacent to an activating group) is 1. The van der Waals surface area contributed by atoms with Crippen molar-refractivity contribution >= 4 is 17.3 Å². The topological polar surface area (TPSA) is 58.4 Å². The van der Waals surface area contributed by atoms with E-state index in [4.69, 9.17) is 5.73 Å². The van der Waals surface area contributed by atoms with Gasteiger partial charge < -0.3 is 16.0 Å². The third-order valence-electron chi connectivity index (χ3n) is 2.75. The third-order valence-corrected chi connectivity index (χ3v) is 2.75. The minimum absolute atomic E-state index is 0.0186. The molecule has 4 nitrogen and oxygen atoms in total. The molecular formula is C13H21N3O. The number of rotatable bonds is 5. The zero-order valence-electron chi connectivity index (χ0n) is 10.7. The number of nitrogens with zero attached hydrogens (tertiary/aromatic N) is 1. The minimum Gasteiger partial charge on any atom is -0.397 e. The van der Waals surface area contributed by atoms with Gasteiger partial charge in [-0.1, -0.05) is 19.1 Å². The summed E-state index contributed by atoms with van der Waals surface area (Å²) in [6, 6.07) is 7.74. The van der Waals surface area contributed by atoms with Gasteiger partial charge in [0, 0.05) is 13.1 Å². The Kier molecular flexibility index (Phi) is 4.82. The van der Waals surface area contributed by atoms with Crippen molar-refractivity contribution in [3.8, 4) is 0 Å². The highest BCUT2D eigenvalue weighted by Gasteiger charge is 2.10. The number of nitrogens with two attached hydrogens (primary N) is 1. The maximum absolute atomic E-state index is 11.7. The van der Waals surface area contributed by atoms with E-state index in [0.717, 1.165) is 12.1 Å². The molecule has 94 valence electrons. The highest BCUT2D eigenvalue weighted by molar-refractivity contribution is 5.83. The highest BCUT2D eigenvalue weighted by Crippen LogP contribution is 2.20. The van der Waals surface area contributed by atoms with Gasteiger partial charge in [0.25, 0.3) is 0 Å². The second-order valence-electron chi connectivity index (χ2n) is 4.29. The fourth-order valence-electron chi connectivity index (χ4n) is 1.56. The van der Waals surface area contributed by atoms with Crippen molar-refractivity contribution in [1.29, 1.82) is 0 Å². The first-order valence-electron chi connectivity index (χ1n) is 5.89. The Balaban J connectivity index is 2.58. The smallest absolute Gasteiger partial charge is 0.239 e. The molecule has 0 aliphatic rings. The van der Waals surface area contributed by atoms with Crippen molar-refractivity contribution in [2.45, 2.75) is 26.3 Å². The summed E-state index contributed by atoms with van der Waals surface area (Å²) in [6.07, 6.45) is 0.933. The maximum Gasteiger partial charge on any atom is 0.239 e. The Bertz CT molecular complexity index is 379. The molecule has 1 rings (SSSR count). The number of hydrogen-bond donors (Lipinski definition) is 2. The molecule has 0 fully saturated rings. The monoisotopic (exact) mass is 235 g/mol. The molecule has 1 aromatic rings. The number of carbonyl (C=O) groups is 1. The Hall–Kier alpha value is -1.71. The summed E-state index contributed by atoms with van der Waals surface area (Å²) in [5, 5.41) is 2.93. The van der Waals surface area contributed by atoms with Gasteiger partial charge in [0.2, 0.25) is 5.91 Å². The highest BCUT2D eigenvalue weighted by atomic mass is 16.2. The van der Waals surface area contributed by atoms with Crippen molar-refractivity contribution in [3.05, 3.63) is 24.3 Å². The van der Waals surface area contributed by atoms with Crippen molar-refractivity contribution in [3.63, 3.8) is 0 Å². The lowest BCUT2D eigenvalue weighted by molar-refractivity contribution is -0.120. The summed E-state index contributed by atoms with van der Waals surface area (Å²) in [7, 11) is 1.86. The number of hydrogen-bond acceptors (Lipinski definition) is 3. The largest absolute Gasteiger partial charge is 0.397 e. The van der Waals surface area contributed by atoms with Crippen LogP contribution in [0.4, 0.5) is 11.4 Å². The molecular weight excluding hydrogens is 214 g/mol. The van der Waals surface area contributed by atoms with Crippen LogP contribution in [0.5, 0.6) is 0 Å². The van der Waals surface area contributed by atoms with Gasteiger partial charge in [0.15, 0.2) is 0 Å². The van der Waals surface area contributed by atoms with Crippen LogP contribution in [-0.2, 0) is 4.79 Å². The van der Waals surface area contributed by atoms with Gasteiger partial charge in [-0.05, 0) is 25.5 Å². The molecule has 1 amide bonds. The van der Waals surface area contributed by atoms with Gasteiger partial charge in [0.05, 0.1) is 17.9 Å². The van der Waals surface area contributed by atoms with Gasteiger partial charge in [0.1, 0.15) is 0 Å². The first-order chi connectivity index (χ1) is 8.04. The van der Waals surface area contributed by atoms with Crippen molar-refractivity contribution in [2.75, 3.05) is 24.2 Å². The number of anilines is 2. The number of nitrogen functional groups attached to an aromatic ring is 1. The average molecular weight is 235 g/mol. The predicted octanol–water partition coefficient (Wildman–Crippen LogP) is 1.62. The van der Waals surface area contributed by atoms with E-state index in [2.05, 4.69) is 5.32 Å². The van der Waals surface area contributed by atoms with E-state index >= 15 is 0 Å². The van der Waals surface area contributed by atoms with Crippen molar-refractivity contribution in [1.82, 2.24) is 5.32 Å². The summed E-state index contributed by atoms with van der Waals surface area (Å²) in [6.45, 7) is 4.36. The molecule has 0 bridgehead atoms. The Morgan fingerprint density at radius 2 is 2.12 bits per heavy atom. The lowest BCUT2D eigenvalue weighted by atomic mass is 10.2. The van der Waals surface area contributed by atoms with Crippen LogP contribution in [0, 0.1) is 0 Å². The lowest BCUT2D eigenvalue weighted by Crippen LogP contribution is -2.39. The van der Waals surface area contributed by atoms with E-state index < -0.39 is 0 Å². The van der Waals surface area contributed by atoms with E-state index in [1.165, 1.54) is 0 Å². The second kappa shape index (κ2) is 6.13. The molecule has 0 spiro atoms. The zero-order valence-corrected chi connectivity index (χ0v) is 10.7. The normalized spacial score (nSPS) is 11.9. The van der Waals surface area contributed by atoms with Gasteiger partial charge in [-0.25, -0.2) is 0 Å². The Morgan fingerprint density at radius 1 is 1.47 bits per heavy atom. The zero-order chi connectivity index (χ0) is 12.8. The molecule has 4 heteroatoms. The number of benzene rings is 1. The fraction of sp³-hybridized carbons (Fsp3) is 0.462. The molecule has 0 radical (unpaired) electrons. The molecule has 0 aliphatic heterocycles. The molecule has 1 atom stereocenters. The summed E-state index contributed by atoms with van der Waals surface area (Å²) in [4.78, 5) is 13.6. The molecule has 0 saturated carbocycles. The predicted molar refractivity (Wildman–Crippen MR) is 72.0 cm³/mol. The molecule has 0 aliphatic carbocycles. The van der Waals surface area contributed by atoms with Crippen LogP contribution in [0.2, 0.25) is 0 Å². The molecule has 1 unspecified atom stereocenters. The van der Waals surface area contributed by atoms with Gasteiger partial charge in [-0.3, -0.25) is 4.79 Å². The Morgan fingerprint density at radius 3 is 2.71 bits per heavy atom. The number of amides is 1. The molecule has 1 aromatic carbocycles. The molecule has 0 heterocycles. The van der Waals surface area contributed by atoms with E-state index in [9.17, 15) is 4.79 Å². The Labute approximate surface area is 103 Å². The maximum atomic E-state index is 11.7. The van der Waals surface area contributed by atoms with Crippen LogP contribution in [-0.4, -0.2) is 25.5 Å². The summed E-state index contributed by atoms with van der Waals surface area (Å²) >= 11 is 0. The summed E-state index contributed by atoms with van der Waals surface area (Å²) < 4.78 is 0. The van der Waals surface area contributed by atoms with E-state index in [0.29, 0.717) is 12.2 Å².